The van der Waals surface area contributed by atoms with Gasteiger partial charge in [0.2, 0.25) is 5.91 Å². The van der Waals surface area contributed by atoms with Gasteiger partial charge in [-0.2, -0.15) is 0 Å². The normalized spacial score (nSPS) is 15.8. The molecule has 9 heteroatoms. The number of amides is 1. The molecule has 0 saturated carbocycles. The fourth-order valence-corrected chi connectivity index (χ4v) is 6.38. The highest BCUT2D eigenvalue weighted by molar-refractivity contribution is 7.99. The molecule has 1 N–H and O–H groups in total. The topological polar surface area (TPSA) is 89.2 Å². The van der Waals surface area contributed by atoms with Gasteiger partial charge < -0.3 is 5.32 Å². The molecule has 0 aliphatic heterocycles. The molecule has 164 valence electrons. The van der Waals surface area contributed by atoms with Crippen molar-refractivity contribution >= 4 is 56.3 Å². The number of ketones is 1. The molecular weight excluding hydrogens is 442 g/mol. The summed E-state index contributed by atoms with van der Waals surface area (Å²) in [4.78, 5) is 31.2. The first kappa shape index (κ1) is 21.1. The summed E-state index contributed by atoms with van der Waals surface area (Å²) in [6, 6.07) is 6.88. The molecule has 1 aliphatic rings. The third-order valence-electron chi connectivity index (χ3n) is 5.84. The summed E-state index contributed by atoms with van der Waals surface area (Å²) in [5.74, 6) is 1.58. The lowest BCUT2D eigenvalue weighted by atomic mass is 9.89. The van der Waals surface area contributed by atoms with E-state index in [2.05, 4.69) is 22.4 Å². The molecule has 32 heavy (non-hydrogen) atoms. The van der Waals surface area contributed by atoms with Gasteiger partial charge in [0.1, 0.15) is 10.7 Å². The summed E-state index contributed by atoms with van der Waals surface area (Å²) in [7, 11) is 0. The fourth-order valence-electron chi connectivity index (χ4n) is 4.18. The van der Waals surface area contributed by atoms with Crippen molar-refractivity contribution in [1.82, 2.24) is 19.6 Å². The number of carbonyl (C=O) groups excluding carboxylic acids is 2. The van der Waals surface area contributed by atoms with Gasteiger partial charge in [-0.05, 0) is 68.9 Å². The molecule has 0 spiro atoms. The van der Waals surface area contributed by atoms with Gasteiger partial charge in [-0.1, -0.05) is 18.7 Å². The Morgan fingerprint density at radius 2 is 2.03 bits per heavy atom. The summed E-state index contributed by atoms with van der Waals surface area (Å²) < 4.78 is 1.97. The first-order chi connectivity index (χ1) is 15.4. The maximum absolute atomic E-state index is 12.5. The highest BCUT2D eigenvalue weighted by Crippen LogP contribution is 2.39. The minimum Gasteiger partial charge on any atom is -0.325 e. The number of nitrogens with one attached hydrogen (secondary N) is 1. The van der Waals surface area contributed by atoms with Crippen molar-refractivity contribution in [1.29, 1.82) is 0 Å². The third-order valence-corrected chi connectivity index (χ3v) is 7.92. The molecule has 0 unspecified atom stereocenters. The maximum Gasteiger partial charge on any atom is 0.234 e. The van der Waals surface area contributed by atoms with E-state index < -0.39 is 0 Å². The first-order valence-corrected chi connectivity index (χ1v) is 12.4. The summed E-state index contributed by atoms with van der Waals surface area (Å²) in [5, 5.41) is 13.5. The van der Waals surface area contributed by atoms with Crippen LogP contribution in [0.15, 0.2) is 29.4 Å². The number of rotatable bonds is 5. The second-order valence-electron chi connectivity index (χ2n) is 8.30. The number of hydrogen-bond donors (Lipinski definition) is 1. The standard InChI is InChI=1S/C23H23N5O2S2/c1-12-4-9-17-18(10-12)32-22-20(17)21-26-27-23(28(21)14(3)24-22)31-11-19(30)25-16-7-5-15(6-8-16)13(2)29/h5-8,12H,4,9-11H2,1-3H3,(H,25,30)/t12-/m1/s1. The number of thiophene rings is 1. The van der Waals surface area contributed by atoms with E-state index in [1.165, 1.54) is 35.5 Å². The Labute approximate surface area is 193 Å². The van der Waals surface area contributed by atoms with Crippen LogP contribution >= 0.6 is 23.1 Å². The number of hydrogen-bond acceptors (Lipinski definition) is 7. The molecule has 0 saturated heterocycles. The van der Waals surface area contributed by atoms with Gasteiger partial charge in [-0.15, -0.1) is 21.5 Å². The number of carbonyl (C=O) groups is 2. The second kappa shape index (κ2) is 8.29. The average molecular weight is 466 g/mol. The lowest BCUT2D eigenvalue weighted by Crippen LogP contribution is -2.14. The van der Waals surface area contributed by atoms with Crippen LogP contribution in [0.3, 0.4) is 0 Å². The predicted molar refractivity (Wildman–Crippen MR) is 128 cm³/mol. The van der Waals surface area contributed by atoms with Gasteiger partial charge in [0.15, 0.2) is 16.6 Å². The van der Waals surface area contributed by atoms with Crippen LogP contribution in [0, 0.1) is 12.8 Å². The Balaban J connectivity index is 1.37. The van der Waals surface area contributed by atoms with Crippen LogP contribution in [0.25, 0.3) is 15.9 Å². The van der Waals surface area contributed by atoms with E-state index in [0.717, 1.165) is 34.5 Å². The molecule has 0 bridgehead atoms. The quantitative estimate of drug-likeness (QED) is 0.339. The van der Waals surface area contributed by atoms with E-state index in [0.29, 0.717) is 22.3 Å². The monoisotopic (exact) mass is 465 g/mol. The van der Waals surface area contributed by atoms with Gasteiger partial charge in [-0.3, -0.25) is 14.0 Å². The van der Waals surface area contributed by atoms with Crippen LogP contribution < -0.4 is 5.32 Å². The SMILES string of the molecule is CC(=O)c1ccc(NC(=O)CSc2nnc3c4c5c(sc4nc(C)n23)C[C@H](C)CC5)cc1. The van der Waals surface area contributed by atoms with E-state index in [1.54, 1.807) is 35.6 Å². The van der Waals surface area contributed by atoms with Crippen LogP contribution in [0.5, 0.6) is 0 Å². The van der Waals surface area contributed by atoms with Crippen LogP contribution in [0.4, 0.5) is 5.69 Å². The Morgan fingerprint density at radius 1 is 1.25 bits per heavy atom. The number of aromatic nitrogens is 4. The van der Waals surface area contributed by atoms with E-state index in [1.807, 2.05) is 11.3 Å². The Kier molecular flexibility index (Phi) is 5.46. The smallest absolute Gasteiger partial charge is 0.234 e. The minimum absolute atomic E-state index is 0.00314. The van der Waals surface area contributed by atoms with Crippen LogP contribution in [0.2, 0.25) is 0 Å². The first-order valence-electron chi connectivity index (χ1n) is 10.6. The van der Waals surface area contributed by atoms with Gasteiger partial charge in [0.05, 0.1) is 11.1 Å². The van der Waals surface area contributed by atoms with Crippen molar-refractivity contribution in [3.63, 3.8) is 0 Å². The molecule has 1 aliphatic carbocycles. The zero-order valence-electron chi connectivity index (χ0n) is 18.1. The summed E-state index contributed by atoms with van der Waals surface area (Å²) in [6.07, 6.45) is 3.34. The Bertz CT molecular complexity index is 1360. The summed E-state index contributed by atoms with van der Waals surface area (Å²) in [5.41, 5.74) is 3.48. The number of anilines is 1. The zero-order chi connectivity index (χ0) is 22.4. The molecule has 3 aromatic heterocycles. The molecule has 4 aromatic rings. The predicted octanol–water partition coefficient (Wildman–Crippen LogP) is 4.71. The number of thioether (sulfide) groups is 1. The van der Waals surface area contributed by atoms with E-state index >= 15 is 0 Å². The van der Waals surface area contributed by atoms with Crippen LogP contribution in [0.1, 0.15) is 46.9 Å². The zero-order valence-corrected chi connectivity index (χ0v) is 19.8. The molecule has 1 atom stereocenters. The van der Waals surface area contributed by atoms with E-state index in [-0.39, 0.29) is 17.4 Å². The molecule has 0 fully saturated rings. The van der Waals surface area contributed by atoms with Crippen molar-refractivity contribution in [3.8, 4) is 0 Å². The fraction of sp³-hybridized carbons (Fsp3) is 0.348. The molecule has 1 amide bonds. The number of nitrogens with zero attached hydrogens (tertiary/aromatic N) is 4. The minimum atomic E-state index is -0.143. The number of Topliss-reactive ketones (excluding diaryl/α,β-unsaturated/α-hetero) is 1. The van der Waals surface area contributed by atoms with Gasteiger partial charge in [-0.25, -0.2) is 4.98 Å². The molecule has 5 rings (SSSR count). The van der Waals surface area contributed by atoms with Crippen molar-refractivity contribution in [2.24, 2.45) is 5.92 Å². The Hall–Kier alpha value is -2.78. The highest BCUT2D eigenvalue weighted by Gasteiger charge is 2.25. The Morgan fingerprint density at radius 3 is 2.78 bits per heavy atom. The van der Waals surface area contributed by atoms with Gasteiger partial charge >= 0.3 is 0 Å². The van der Waals surface area contributed by atoms with Crippen molar-refractivity contribution in [2.75, 3.05) is 11.1 Å². The van der Waals surface area contributed by atoms with E-state index in [4.69, 9.17) is 4.98 Å². The molecule has 0 radical (unpaired) electrons. The number of fused-ring (bicyclic) bond motifs is 5. The van der Waals surface area contributed by atoms with Crippen LogP contribution in [-0.4, -0.2) is 37.0 Å². The van der Waals surface area contributed by atoms with Gasteiger partial charge in [0, 0.05) is 16.1 Å². The second-order valence-corrected chi connectivity index (χ2v) is 10.3. The molecular formula is C23H23N5O2S2. The maximum atomic E-state index is 12.5. The average Bonchev–Trinajstić information content (AvgIpc) is 3.33. The lowest BCUT2D eigenvalue weighted by Gasteiger charge is -2.17. The molecule has 1 aromatic carbocycles. The van der Waals surface area contributed by atoms with Crippen molar-refractivity contribution in [3.05, 3.63) is 46.1 Å². The van der Waals surface area contributed by atoms with Crippen molar-refractivity contribution < 1.29 is 9.59 Å². The van der Waals surface area contributed by atoms with E-state index in [9.17, 15) is 9.59 Å². The summed E-state index contributed by atoms with van der Waals surface area (Å²) >= 11 is 3.12. The molecule has 7 nitrogen and oxygen atoms in total. The lowest BCUT2D eigenvalue weighted by molar-refractivity contribution is -0.113. The van der Waals surface area contributed by atoms with Gasteiger partial charge in [0.25, 0.3) is 0 Å². The number of aryl methyl sites for hydroxylation is 2. The van der Waals surface area contributed by atoms with Crippen LogP contribution in [-0.2, 0) is 17.6 Å². The summed E-state index contributed by atoms with van der Waals surface area (Å²) in [6.45, 7) is 5.78. The number of benzene rings is 1. The largest absolute Gasteiger partial charge is 0.325 e. The highest BCUT2D eigenvalue weighted by atomic mass is 32.2. The third kappa shape index (κ3) is 3.80. The molecule has 3 heterocycles. The van der Waals surface area contributed by atoms with Crippen molar-refractivity contribution in [2.45, 2.75) is 45.2 Å².